The average Bonchev–Trinajstić information content (AvgIpc) is 3.00. The predicted octanol–water partition coefficient (Wildman–Crippen LogP) is 4.08. The number of hydrogen-bond donors (Lipinski definition) is 1. The molecule has 1 N–H and O–H groups in total. The Labute approximate surface area is 153 Å². The van der Waals surface area contributed by atoms with Gasteiger partial charge in [0.25, 0.3) is 0 Å². The van der Waals surface area contributed by atoms with Gasteiger partial charge in [-0.05, 0) is 18.2 Å². The summed E-state index contributed by atoms with van der Waals surface area (Å²) in [6.07, 6.45) is 3.15. The van der Waals surface area contributed by atoms with Crippen molar-refractivity contribution in [2.24, 2.45) is 0 Å². The first kappa shape index (κ1) is 18.5. The molecule has 1 aromatic carbocycles. The fraction of sp³-hybridized carbons (Fsp3) is 0.176. The molecule has 136 valence electrons. The van der Waals surface area contributed by atoms with Gasteiger partial charge < -0.3 is 4.98 Å². The maximum Gasteiger partial charge on any atom is 0.449 e. The van der Waals surface area contributed by atoms with Crippen LogP contribution in [0.2, 0.25) is 0 Å². The molecule has 1 unspecified atom stereocenters. The zero-order chi connectivity index (χ0) is 19.1. The van der Waals surface area contributed by atoms with Crippen molar-refractivity contribution in [3.63, 3.8) is 0 Å². The molecule has 0 bridgehead atoms. The molecule has 4 nitrogen and oxygen atoms in total. The SMILES string of the molecule is CS(=O)(=O)c1ccc(-c2nc(C(F)(F)F)[nH]c2C2C=CC=CC2=S)cc1. The quantitative estimate of drug-likeness (QED) is 0.792. The highest BCUT2D eigenvalue weighted by atomic mass is 32.2. The number of rotatable bonds is 3. The number of aromatic nitrogens is 2. The number of nitrogens with one attached hydrogen (secondary N) is 1. The van der Waals surface area contributed by atoms with Crippen molar-refractivity contribution in [1.29, 1.82) is 0 Å². The van der Waals surface area contributed by atoms with Gasteiger partial charge in [0.2, 0.25) is 5.82 Å². The first-order valence-corrected chi connectivity index (χ1v) is 9.73. The third-order valence-corrected chi connectivity index (χ3v) is 5.37. The third kappa shape index (κ3) is 3.63. The van der Waals surface area contributed by atoms with E-state index in [1.54, 1.807) is 24.3 Å². The van der Waals surface area contributed by atoms with Gasteiger partial charge in [0, 0.05) is 16.7 Å². The van der Waals surface area contributed by atoms with E-state index >= 15 is 0 Å². The Morgan fingerprint density at radius 2 is 1.81 bits per heavy atom. The van der Waals surface area contributed by atoms with Gasteiger partial charge in [-0.3, -0.25) is 0 Å². The third-order valence-electron chi connectivity index (χ3n) is 3.85. The average molecular weight is 398 g/mol. The smallest absolute Gasteiger partial charge is 0.337 e. The number of benzene rings is 1. The second kappa shape index (κ2) is 6.48. The van der Waals surface area contributed by atoms with Gasteiger partial charge in [-0.2, -0.15) is 13.2 Å². The summed E-state index contributed by atoms with van der Waals surface area (Å²) in [5.74, 6) is -1.68. The monoisotopic (exact) mass is 398 g/mol. The molecule has 0 spiro atoms. The minimum Gasteiger partial charge on any atom is -0.337 e. The van der Waals surface area contributed by atoms with Crippen LogP contribution in [0.25, 0.3) is 11.3 Å². The molecule has 9 heteroatoms. The van der Waals surface area contributed by atoms with E-state index in [2.05, 4.69) is 9.97 Å². The van der Waals surface area contributed by atoms with Crippen LogP contribution in [-0.2, 0) is 16.0 Å². The van der Waals surface area contributed by atoms with Gasteiger partial charge in [-0.25, -0.2) is 13.4 Å². The fourth-order valence-corrected chi connectivity index (χ4v) is 3.49. The number of imidazole rings is 1. The van der Waals surface area contributed by atoms with Gasteiger partial charge in [0.05, 0.1) is 22.2 Å². The first-order valence-electron chi connectivity index (χ1n) is 7.43. The van der Waals surface area contributed by atoms with Crippen LogP contribution in [0.3, 0.4) is 0 Å². The molecule has 0 aliphatic heterocycles. The molecule has 0 amide bonds. The zero-order valence-corrected chi connectivity index (χ0v) is 15.0. The Bertz CT molecular complexity index is 1020. The lowest BCUT2D eigenvalue weighted by Crippen LogP contribution is -2.11. The van der Waals surface area contributed by atoms with E-state index in [1.807, 2.05) is 0 Å². The Hall–Kier alpha value is -2.26. The van der Waals surface area contributed by atoms with Crippen molar-refractivity contribution in [3.05, 3.63) is 60.1 Å². The standard InChI is InChI=1S/C17H13F3N2O2S2/c1-26(23,24)11-8-6-10(7-9-11)14-15(12-4-2-3-5-13(12)25)22-16(21-14)17(18,19)20/h2-9,12H,1H3,(H,21,22). The van der Waals surface area contributed by atoms with E-state index in [1.165, 1.54) is 24.3 Å². The van der Waals surface area contributed by atoms with E-state index in [4.69, 9.17) is 12.2 Å². The van der Waals surface area contributed by atoms with E-state index in [-0.39, 0.29) is 16.3 Å². The van der Waals surface area contributed by atoms with Crippen LogP contribution in [0.1, 0.15) is 17.4 Å². The van der Waals surface area contributed by atoms with Crippen LogP contribution in [0.5, 0.6) is 0 Å². The number of H-pyrrole nitrogens is 1. The first-order chi connectivity index (χ1) is 12.1. The van der Waals surface area contributed by atoms with Gasteiger partial charge in [0.15, 0.2) is 9.84 Å². The van der Waals surface area contributed by atoms with E-state index in [0.29, 0.717) is 10.4 Å². The highest BCUT2D eigenvalue weighted by molar-refractivity contribution is 7.90. The van der Waals surface area contributed by atoms with Gasteiger partial charge >= 0.3 is 6.18 Å². The van der Waals surface area contributed by atoms with Gasteiger partial charge in [-0.1, -0.05) is 42.6 Å². The van der Waals surface area contributed by atoms with Crippen molar-refractivity contribution in [1.82, 2.24) is 9.97 Å². The van der Waals surface area contributed by atoms with Crippen LogP contribution < -0.4 is 0 Å². The molecule has 3 rings (SSSR count). The topological polar surface area (TPSA) is 62.8 Å². The lowest BCUT2D eigenvalue weighted by molar-refractivity contribution is -0.144. The molecule has 1 atom stereocenters. The predicted molar refractivity (Wildman–Crippen MR) is 95.8 cm³/mol. The Morgan fingerprint density at radius 3 is 2.35 bits per heavy atom. The van der Waals surface area contributed by atoms with Crippen molar-refractivity contribution >= 4 is 26.9 Å². The summed E-state index contributed by atoms with van der Waals surface area (Å²) in [4.78, 5) is 6.58. The minimum atomic E-state index is -4.64. The summed E-state index contributed by atoms with van der Waals surface area (Å²) in [5, 5.41) is 0. The van der Waals surface area contributed by atoms with Crippen LogP contribution in [-0.4, -0.2) is 29.5 Å². The van der Waals surface area contributed by atoms with E-state index in [0.717, 1.165) is 6.26 Å². The van der Waals surface area contributed by atoms with Crippen molar-refractivity contribution in [2.75, 3.05) is 6.26 Å². The van der Waals surface area contributed by atoms with E-state index in [9.17, 15) is 21.6 Å². The highest BCUT2D eigenvalue weighted by Crippen LogP contribution is 2.36. The number of aromatic amines is 1. The summed E-state index contributed by atoms with van der Waals surface area (Å²) in [6.45, 7) is 0. The Kier molecular flexibility index (Phi) is 4.61. The molecular weight excluding hydrogens is 385 g/mol. The maximum atomic E-state index is 13.1. The number of alkyl halides is 3. The number of nitrogens with zero attached hydrogens (tertiary/aromatic N) is 1. The van der Waals surface area contributed by atoms with Crippen LogP contribution in [0.15, 0.2) is 53.5 Å². The molecule has 1 aliphatic rings. The number of allylic oxidation sites excluding steroid dienone is 4. The van der Waals surface area contributed by atoms with Gasteiger partial charge in [0.1, 0.15) is 0 Å². The summed E-state index contributed by atoms with van der Waals surface area (Å²) in [5.41, 5.74) is 0.671. The molecule has 0 fully saturated rings. The van der Waals surface area contributed by atoms with Crippen molar-refractivity contribution in [3.8, 4) is 11.3 Å². The minimum absolute atomic E-state index is 0.0744. The number of sulfone groups is 1. The fourth-order valence-electron chi connectivity index (χ4n) is 2.59. The summed E-state index contributed by atoms with van der Waals surface area (Å²) < 4.78 is 62.6. The number of thiocarbonyl (C=S) groups is 1. The summed E-state index contributed by atoms with van der Waals surface area (Å²) in [7, 11) is -3.41. The molecule has 2 aromatic rings. The molecule has 1 heterocycles. The lowest BCUT2D eigenvalue weighted by atomic mass is 9.94. The molecule has 0 saturated heterocycles. The molecular formula is C17H13F3N2O2S2. The van der Waals surface area contributed by atoms with Crippen molar-refractivity contribution in [2.45, 2.75) is 17.0 Å². The molecule has 1 aliphatic carbocycles. The number of hydrogen-bond acceptors (Lipinski definition) is 4. The largest absolute Gasteiger partial charge is 0.449 e. The normalized spacial score (nSPS) is 17.7. The summed E-state index contributed by atoms with van der Waals surface area (Å²) in [6, 6.07) is 5.54. The molecule has 0 radical (unpaired) electrons. The molecule has 26 heavy (non-hydrogen) atoms. The van der Waals surface area contributed by atoms with Crippen LogP contribution >= 0.6 is 12.2 Å². The molecule has 0 saturated carbocycles. The number of halogens is 3. The second-order valence-corrected chi connectivity index (χ2v) is 8.25. The second-order valence-electron chi connectivity index (χ2n) is 5.77. The lowest BCUT2D eigenvalue weighted by Gasteiger charge is -2.14. The van der Waals surface area contributed by atoms with E-state index < -0.39 is 27.8 Å². The summed E-state index contributed by atoms with van der Waals surface area (Å²) >= 11 is 5.24. The van der Waals surface area contributed by atoms with Gasteiger partial charge in [-0.15, -0.1) is 0 Å². The van der Waals surface area contributed by atoms with Crippen molar-refractivity contribution < 1.29 is 21.6 Å². The highest BCUT2D eigenvalue weighted by Gasteiger charge is 2.37. The Balaban J connectivity index is 2.13. The maximum absolute atomic E-state index is 13.1. The Morgan fingerprint density at radius 1 is 1.15 bits per heavy atom. The molecule has 1 aromatic heterocycles. The zero-order valence-electron chi connectivity index (χ0n) is 13.4. The van der Waals surface area contributed by atoms with Crippen LogP contribution in [0, 0.1) is 0 Å². The van der Waals surface area contributed by atoms with Crippen LogP contribution in [0.4, 0.5) is 13.2 Å².